The summed E-state index contributed by atoms with van der Waals surface area (Å²) in [4.78, 5) is 0. The molecule has 2 aromatic carbocycles. The van der Waals surface area contributed by atoms with E-state index >= 15 is 0 Å². The van der Waals surface area contributed by atoms with E-state index in [-0.39, 0.29) is 5.82 Å². The van der Waals surface area contributed by atoms with E-state index in [1.54, 1.807) is 30.3 Å². The van der Waals surface area contributed by atoms with Crippen LogP contribution in [0.5, 0.6) is 0 Å². The third kappa shape index (κ3) is 2.78. The van der Waals surface area contributed by atoms with Gasteiger partial charge in [-0.2, -0.15) is 0 Å². The number of hydrogen-bond donors (Lipinski definition) is 1. The SMILES string of the molecule is O[C@H](c1cccc(F)c1)c1ccc(Cl)c(Cl)c1. The predicted molar refractivity (Wildman–Crippen MR) is 66.9 cm³/mol. The molecule has 1 nitrogen and oxygen atoms in total. The Labute approximate surface area is 108 Å². The molecule has 2 aromatic rings. The number of aliphatic hydroxyl groups is 1. The van der Waals surface area contributed by atoms with E-state index < -0.39 is 6.10 Å². The normalized spacial score (nSPS) is 12.5. The molecular formula is C13H9Cl2FO. The molecule has 0 amide bonds. The van der Waals surface area contributed by atoms with Crippen molar-refractivity contribution in [3.63, 3.8) is 0 Å². The van der Waals surface area contributed by atoms with Crippen molar-refractivity contribution in [1.29, 1.82) is 0 Å². The number of rotatable bonds is 2. The van der Waals surface area contributed by atoms with E-state index in [1.165, 1.54) is 12.1 Å². The summed E-state index contributed by atoms with van der Waals surface area (Å²) >= 11 is 11.6. The molecule has 0 spiro atoms. The molecule has 88 valence electrons. The van der Waals surface area contributed by atoms with Crippen LogP contribution >= 0.6 is 23.2 Å². The zero-order valence-electron chi connectivity index (χ0n) is 8.70. The van der Waals surface area contributed by atoms with Gasteiger partial charge in [0.2, 0.25) is 0 Å². The van der Waals surface area contributed by atoms with E-state index in [1.807, 2.05) is 0 Å². The highest BCUT2D eigenvalue weighted by Gasteiger charge is 2.12. The van der Waals surface area contributed by atoms with Crippen LogP contribution < -0.4 is 0 Å². The van der Waals surface area contributed by atoms with Gasteiger partial charge in [0.15, 0.2) is 0 Å². The molecular weight excluding hydrogens is 262 g/mol. The second kappa shape index (κ2) is 5.05. The van der Waals surface area contributed by atoms with E-state index in [2.05, 4.69) is 0 Å². The Balaban J connectivity index is 2.36. The molecule has 0 unspecified atom stereocenters. The zero-order chi connectivity index (χ0) is 12.4. The van der Waals surface area contributed by atoms with Crippen LogP contribution in [-0.2, 0) is 0 Å². The van der Waals surface area contributed by atoms with Crippen LogP contribution in [0.2, 0.25) is 10.0 Å². The molecule has 0 saturated heterocycles. The molecule has 0 radical (unpaired) electrons. The van der Waals surface area contributed by atoms with Crippen LogP contribution in [0.3, 0.4) is 0 Å². The lowest BCUT2D eigenvalue weighted by molar-refractivity contribution is 0.220. The van der Waals surface area contributed by atoms with Gasteiger partial charge in [-0.25, -0.2) is 4.39 Å². The molecule has 4 heteroatoms. The molecule has 17 heavy (non-hydrogen) atoms. The average Bonchev–Trinajstić information content (AvgIpc) is 2.32. The highest BCUT2D eigenvalue weighted by Crippen LogP contribution is 2.28. The Kier molecular flexibility index (Phi) is 3.67. The number of halogens is 3. The van der Waals surface area contributed by atoms with Gasteiger partial charge in [-0.15, -0.1) is 0 Å². The summed E-state index contributed by atoms with van der Waals surface area (Å²) in [5.74, 6) is -0.387. The van der Waals surface area contributed by atoms with Crippen molar-refractivity contribution in [3.05, 3.63) is 69.5 Å². The van der Waals surface area contributed by atoms with Gasteiger partial charge >= 0.3 is 0 Å². The maximum atomic E-state index is 13.0. The van der Waals surface area contributed by atoms with E-state index in [4.69, 9.17) is 23.2 Å². The van der Waals surface area contributed by atoms with Crippen molar-refractivity contribution in [2.24, 2.45) is 0 Å². The van der Waals surface area contributed by atoms with Gasteiger partial charge in [0.25, 0.3) is 0 Å². The molecule has 2 rings (SSSR count). The van der Waals surface area contributed by atoms with Gasteiger partial charge in [0, 0.05) is 0 Å². The van der Waals surface area contributed by atoms with Crippen LogP contribution in [0.1, 0.15) is 17.2 Å². The quantitative estimate of drug-likeness (QED) is 0.867. The predicted octanol–water partition coefficient (Wildman–Crippen LogP) is 4.21. The molecule has 0 aliphatic carbocycles. The first-order valence-corrected chi connectivity index (χ1v) is 5.72. The zero-order valence-corrected chi connectivity index (χ0v) is 10.2. The summed E-state index contributed by atoms with van der Waals surface area (Å²) in [6.45, 7) is 0. The van der Waals surface area contributed by atoms with Crippen molar-refractivity contribution in [2.45, 2.75) is 6.10 Å². The topological polar surface area (TPSA) is 20.2 Å². The fraction of sp³-hybridized carbons (Fsp3) is 0.0769. The van der Waals surface area contributed by atoms with Crippen molar-refractivity contribution >= 4 is 23.2 Å². The van der Waals surface area contributed by atoms with Crippen LogP contribution in [-0.4, -0.2) is 5.11 Å². The van der Waals surface area contributed by atoms with Gasteiger partial charge in [-0.1, -0.05) is 41.4 Å². The largest absolute Gasteiger partial charge is 0.384 e. The molecule has 1 N–H and O–H groups in total. The summed E-state index contributed by atoms with van der Waals surface area (Å²) in [5, 5.41) is 10.8. The highest BCUT2D eigenvalue weighted by molar-refractivity contribution is 6.42. The first-order chi connectivity index (χ1) is 8.08. The lowest BCUT2D eigenvalue weighted by Crippen LogP contribution is -1.99. The maximum absolute atomic E-state index is 13.0. The molecule has 1 atom stereocenters. The minimum Gasteiger partial charge on any atom is -0.384 e. The third-order valence-electron chi connectivity index (χ3n) is 2.42. The van der Waals surface area contributed by atoms with Gasteiger partial charge < -0.3 is 5.11 Å². The van der Waals surface area contributed by atoms with Crippen LogP contribution in [0.15, 0.2) is 42.5 Å². The average molecular weight is 271 g/mol. The van der Waals surface area contributed by atoms with Crippen molar-refractivity contribution in [1.82, 2.24) is 0 Å². The summed E-state index contributed by atoms with van der Waals surface area (Å²) in [6, 6.07) is 10.6. The minimum atomic E-state index is -0.916. The monoisotopic (exact) mass is 270 g/mol. The second-order valence-electron chi connectivity index (χ2n) is 3.63. The molecule has 0 aliphatic rings. The number of aliphatic hydroxyl groups excluding tert-OH is 1. The molecule has 0 fully saturated rings. The van der Waals surface area contributed by atoms with Gasteiger partial charge in [-0.05, 0) is 35.4 Å². The van der Waals surface area contributed by atoms with Gasteiger partial charge in [0.1, 0.15) is 11.9 Å². The van der Waals surface area contributed by atoms with Gasteiger partial charge in [0.05, 0.1) is 10.0 Å². The number of benzene rings is 2. The Morgan fingerprint density at radius 1 is 0.941 bits per heavy atom. The Morgan fingerprint density at radius 2 is 1.65 bits per heavy atom. The van der Waals surface area contributed by atoms with E-state index in [0.717, 1.165) is 0 Å². The highest BCUT2D eigenvalue weighted by atomic mass is 35.5. The van der Waals surface area contributed by atoms with E-state index in [0.29, 0.717) is 21.2 Å². The smallest absolute Gasteiger partial charge is 0.123 e. The number of hydrogen-bond acceptors (Lipinski definition) is 1. The van der Waals surface area contributed by atoms with Crippen molar-refractivity contribution in [3.8, 4) is 0 Å². The fourth-order valence-corrected chi connectivity index (χ4v) is 1.86. The van der Waals surface area contributed by atoms with Crippen molar-refractivity contribution in [2.75, 3.05) is 0 Å². The minimum absolute atomic E-state index is 0.361. The fourth-order valence-electron chi connectivity index (χ4n) is 1.55. The second-order valence-corrected chi connectivity index (χ2v) is 4.45. The lowest BCUT2D eigenvalue weighted by Gasteiger charge is -2.12. The van der Waals surface area contributed by atoms with Gasteiger partial charge in [-0.3, -0.25) is 0 Å². The molecule has 0 bridgehead atoms. The molecule has 0 aromatic heterocycles. The maximum Gasteiger partial charge on any atom is 0.123 e. The molecule has 0 heterocycles. The summed E-state index contributed by atoms with van der Waals surface area (Å²) in [6.07, 6.45) is -0.916. The van der Waals surface area contributed by atoms with E-state index in [9.17, 15) is 9.50 Å². The van der Waals surface area contributed by atoms with Crippen LogP contribution in [0.4, 0.5) is 4.39 Å². The summed E-state index contributed by atoms with van der Waals surface area (Å²) in [5.41, 5.74) is 1.05. The Bertz CT molecular complexity index is 543. The Hall–Kier alpha value is -1.09. The molecule has 0 aliphatic heterocycles. The van der Waals surface area contributed by atoms with Crippen molar-refractivity contribution < 1.29 is 9.50 Å². The molecule has 0 saturated carbocycles. The first-order valence-electron chi connectivity index (χ1n) is 4.96. The summed E-state index contributed by atoms with van der Waals surface area (Å²) < 4.78 is 13.0. The first kappa shape index (κ1) is 12.4. The third-order valence-corrected chi connectivity index (χ3v) is 3.16. The lowest BCUT2D eigenvalue weighted by atomic mass is 10.0. The van der Waals surface area contributed by atoms with Crippen LogP contribution in [0, 0.1) is 5.82 Å². The van der Waals surface area contributed by atoms with Crippen LogP contribution in [0.25, 0.3) is 0 Å². The summed E-state index contributed by atoms with van der Waals surface area (Å²) in [7, 11) is 0. The standard InChI is InChI=1S/C13H9Cl2FO/c14-11-5-4-9(7-12(11)15)13(17)8-2-1-3-10(16)6-8/h1-7,13,17H/t13-/m1/s1. The Morgan fingerprint density at radius 3 is 2.29 bits per heavy atom.